The average molecular weight is 552 g/mol. The number of carbonyl (C=O) groups excluding carboxylic acids is 2. The van der Waals surface area contributed by atoms with Gasteiger partial charge in [0.25, 0.3) is 0 Å². The van der Waals surface area contributed by atoms with Crippen LogP contribution < -0.4 is 20.9 Å². The number of nitriles is 1. The van der Waals surface area contributed by atoms with Crippen molar-refractivity contribution in [3.05, 3.63) is 89.5 Å². The minimum Gasteiger partial charge on any atom is -0.494 e. The molecular weight excluding hydrogens is 524 g/mol. The lowest BCUT2D eigenvalue weighted by atomic mass is 10.2. The van der Waals surface area contributed by atoms with E-state index in [2.05, 4.69) is 0 Å². The van der Waals surface area contributed by atoms with Crippen LogP contribution in [-0.4, -0.2) is 31.8 Å². The second-order valence-corrected chi connectivity index (χ2v) is 8.35. The molecule has 0 aliphatic carbocycles. The van der Waals surface area contributed by atoms with Gasteiger partial charge in [-0.2, -0.15) is 14.0 Å². The number of alkyl halides is 2. The van der Waals surface area contributed by atoms with Crippen LogP contribution in [0.15, 0.2) is 72.8 Å². The lowest BCUT2D eigenvalue weighted by Crippen LogP contribution is -2.21. The second-order valence-electron chi connectivity index (χ2n) is 8.35. The molecule has 3 rings (SSSR count). The second kappa shape index (κ2) is 14.2. The van der Waals surface area contributed by atoms with Crippen LogP contribution in [0.5, 0.6) is 11.5 Å². The molecule has 40 heavy (non-hydrogen) atoms. The Hall–Kier alpha value is -5.11. The molecule has 11 heteroatoms. The fourth-order valence-electron chi connectivity index (χ4n) is 3.31. The number of rotatable bonds is 13. The van der Waals surface area contributed by atoms with Crippen LogP contribution in [0.3, 0.4) is 0 Å². The number of benzene rings is 3. The van der Waals surface area contributed by atoms with E-state index in [0.29, 0.717) is 42.1 Å². The molecule has 0 radical (unpaired) electrons. The summed E-state index contributed by atoms with van der Waals surface area (Å²) in [5.41, 5.74) is 12.3. The monoisotopic (exact) mass is 551 g/mol. The molecule has 0 aliphatic rings. The first-order valence-corrected chi connectivity index (χ1v) is 12.1. The first-order valence-electron chi connectivity index (χ1n) is 12.1. The van der Waals surface area contributed by atoms with Crippen molar-refractivity contribution in [3.8, 4) is 17.6 Å². The number of halogens is 2. The Morgan fingerprint density at radius 3 is 2.15 bits per heavy atom. The Morgan fingerprint density at radius 1 is 0.875 bits per heavy atom. The van der Waals surface area contributed by atoms with Crippen molar-refractivity contribution in [3.63, 3.8) is 0 Å². The average Bonchev–Trinajstić information content (AvgIpc) is 2.92. The SMILES string of the molecule is N#CCCCOc1ccc(C(F)(F)Oc2ccc(C=CC(=O)OCCOC(=O)c3cc(N)cc(N)c3)cc2)cc1. The van der Waals surface area contributed by atoms with Gasteiger partial charge in [-0.25, -0.2) is 9.59 Å². The Labute approximate surface area is 229 Å². The van der Waals surface area contributed by atoms with E-state index < -0.39 is 18.0 Å². The molecule has 4 N–H and O–H groups in total. The van der Waals surface area contributed by atoms with Crippen LogP contribution in [0.2, 0.25) is 0 Å². The zero-order chi connectivity index (χ0) is 29.0. The molecule has 3 aromatic rings. The van der Waals surface area contributed by atoms with Crippen molar-refractivity contribution in [2.45, 2.75) is 19.0 Å². The molecule has 0 aliphatic heterocycles. The maximum atomic E-state index is 14.6. The maximum Gasteiger partial charge on any atom is 0.426 e. The summed E-state index contributed by atoms with van der Waals surface area (Å²) in [6.45, 7) is -0.0383. The minimum atomic E-state index is -3.59. The van der Waals surface area contributed by atoms with Crippen LogP contribution in [-0.2, 0) is 20.4 Å². The van der Waals surface area contributed by atoms with Crippen LogP contribution >= 0.6 is 0 Å². The fourth-order valence-corrected chi connectivity index (χ4v) is 3.31. The molecule has 0 heterocycles. The van der Waals surface area contributed by atoms with Crippen molar-refractivity contribution in [2.24, 2.45) is 0 Å². The minimum absolute atomic E-state index is 0.0784. The van der Waals surface area contributed by atoms with Crippen molar-refractivity contribution in [2.75, 3.05) is 31.3 Å². The molecule has 0 unspecified atom stereocenters. The van der Waals surface area contributed by atoms with Crippen molar-refractivity contribution in [1.29, 1.82) is 5.26 Å². The molecule has 208 valence electrons. The molecule has 0 amide bonds. The number of hydrogen-bond acceptors (Lipinski definition) is 9. The van der Waals surface area contributed by atoms with E-state index in [1.807, 2.05) is 6.07 Å². The zero-order valence-electron chi connectivity index (χ0n) is 21.3. The molecule has 0 spiro atoms. The van der Waals surface area contributed by atoms with Crippen molar-refractivity contribution < 1.29 is 37.3 Å². The highest BCUT2D eigenvalue weighted by Gasteiger charge is 2.34. The zero-order valence-corrected chi connectivity index (χ0v) is 21.3. The van der Waals surface area contributed by atoms with Crippen molar-refractivity contribution >= 4 is 29.4 Å². The van der Waals surface area contributed by atoms with Gasteiger partial charge in [0.05, 0.1) is 23.8 Å². The third-order valence-electron chi connectivity index (χ3n) is 5.20. The molecule has 3 aromatic carbocycles. The number of carbonyl (C=O) groups is 2. The molecule has 9 nitrogen and oxygen atoms in total. The molecule has 0 fully saturated rings. The van der Waals surface area contributed by atoms with E-state index in [4.69, 9.17) is 35.7 Å². The molecule has 0 aromatic heterocycles. The van der Waals surface area contributed by atoms with Crippen molar-refractivity contribution in [1.82, 2.24) is 0 Å². The normalized spacial score (nSPS) is 11.0. The third-order valence-corrected chi connectivity index (χ3v) is 5.20. The highest BCUT2D eigenvalue weighted by Crippen LogP contribution is 2.32. The summed E-state index contributed by atoms with van der Waals surface area (Å²) in [4.78, 5) is 23.9. The highest BCUT2D eigenvalue weighted by molar-refractivity contribution is 5.91. The molecule has 0 bridgehead atoms. The predicted molar refractivity (Wildman–Crippen MR) is 143 cm³/mol. The summed E-state index contributed by atoms with van der Waals surface area (Å²) in [6.07, 6.45) is -0.118. The number of ether oxygens (including phenoxy) is 4. The Balaban J connectivity index is 1.43. The van der Waals surface area contributed by atoms with Gasteiger partial charge in [0, 0.05) is 23.9 Å². The first kappa shape index (κ1) is 29.4. The number of nitrogens with two attached hydrogens (primary N) is 2. The van der Waals surface area contributed by atoms with Crippen LogP contribution in [0.4, 0.5) is 20.2 Å². The fraction of sp³-hybridized carbons (Fsp3) is 0.207. The highest BCUT2D eigenvalue weighted by atomic mass is 19.3. The lowest BCUT2D eigenvalue weighted by molar-refractivity contribution is -0.185. The predicted octanol–water partition coefficient (Wildman–Crippen LogP) is 5.08. The van der Waals surface area contributed by atoms with Gasteiger partial charge < -0.3 is 30.4 Å². The van der Waals surface area contributed by atoms with E-state index >= 15 is 0 Å². The summed E-state index contributed by atoms with van der Waals surface area (Å²) >= 11 is 0. The van der Waals surface area contributed by atoms with E-state index in [0.717, 1.165) is 6.08 Å². The lowest BCUT2D eigenvalue weighted by Gasteiger charge is -2.18. The summed E-state index contributed by atoms with van der Waals surface area (Å²) in [6, 6.07) is 17.2. The molecule has 0 saturated carbocycles. The standard InChI is InChI=1S/C29H27F2N3O6/c30-29(31,22-6-10-25(11-7-22)37-14-2-1-13-32)40-26-8-3-20(4-9-26)5-12-27(35)38-15-16-39-28(36)21-17-23(33)19-24(34)18-21/h3-12,17-19H,1-2,14-16,33-34H2. The summed E-state index contributed by atoms with van der Waals surface area (Å²) in [5.74, 6) is -1.01. The van der Waals surface area contributed by atoms with Gasteiger partial charge in [0.2, 0.25) is 0 Å². The number of unbranched alkanes of at least 4 members (excludes halogenated alkanes) is 1. The summed E-state index contributed by atoms with van der Waals surface area (Å²) < 4.78 is 49.5. The Morgan fingerprint density at radius 2 is 1.50 bits per heavy atom. The van der Waals surface area contributed by atoms with E-state index in [9.17, 15) is 18.4 Å². The number of nitrogens with zero attached hydrogens (tertiary/aromatic N) is 1. The molecule has 0 atom stereocenters. The Bertz CT molecular complexity index is 1350. The summed E-state index contributed by atoms with van der Waals surface area (Å²) in [7, 11) is 0. The number of esters is 2. The third kappa shape index (κ3) is 9.33. The quantitative estimate of drug-likeness (QED) is 0.128. The number of hydrogen-bond donors (Lipinski definition) is 2. The van der Waals surface area contributed by atoms with Gasteiger partial charge in [0.1, 0.15) is 24.7 Å². The largest absolute Gasteiger partial charge is 0.494 e. The van der Waals surface area contributed by atoms with Gasteiger partial charge in [-0.05, 0) is 72.7 Å². The smallest absolute Gasteiger partial charge is 0.426 e. The van der Waals surface area contributed by atoms with Gasteiger partial charge in [-0.1, -0.05) is 12.1 Å². The number of anilines is 2. The van der Waals surface area contributed by atoms with Gasteiger partial charge in [0.15, 0.2) is 0 Å². The van der Waals surface area contributed by atoms with Gasteiger partial charge >= 0.3 is 18.0 Å². The van der Waals surface area contributed by atoms with E-state index in [1.54, 1.807) is 0 Å². The topological polar surface area (TPSA) is 147 Å². The maximum absolute atomic E-state index is 14.6. The van der Waals surface area contributed by atoms with Gasteiger partial charge in [-0.15, -0.1) is 0 Å². The van der Waals surface area contributed by atoms with Crippen LogP contribution in [0, 0.1) is 11.3 Å². The van der Waals surface area contributed by atoms with Crippen LogP contribution in [0.25, 0.3) is 6.08 Å². The first-order chi connectivity index (χ1) is 19.2. The van der Waals surface area contributed by atoms with E-state index in [1.165, 1.54) is 72.8 Å². The summed E-state index contributed by atoms with van der Waals surface area (Å²) in [5, 5.41) is 8.52. The van der Waals surface area contributed by atoms with Gasteiger partial charge in [-0.3, -0.25) is 0 Å². The van der Waals surface area contributed by atoms with Crippen LogP contribution in [0.1, 0.15) is 34.3 Å². The number of nitrogen functional groups attached to an aromatic ring is 2. The van der Waals surface area contributed by atoms with E-state index in [-0.39, 0.29) is 30.1 Å². The Kier molecular flexibility index (Phi) is 10.4. The molecule has 0 saturated heterocycles. The molecular formula is C29H27F2N3O6.